The molecule has 0 unspecified atom stereocenters. The second-order valence-corrected chi connectivity index (χ2v) is 3.18. The van der Waals surface area contributed by atoms with Crippen molar-refractivity contribution >= 4 is 5.82 Å². The monoisotopic (exact) mass is 187 g/mol. The lowest BCUT2D eigenvalue weighted by Gasteiger charge is -1.99. The molecule has 0 fully saturated rings. The summed E-state index contributed by atoms with van der Waals surface area (Å²) in [4.78, 5) is 0. The fraction of sp³-hybridized carbons (Fsp3) is 0.182. The second kappa shape index (κ2) is 3.54. The summed E-state index contributed by atoms with van der Waals surface area (Å²) in [7, 11) is 3.81. The average molecular weight is 187 g/mol. The largest absolute Gasteiger partial charge is 0.371 e. The molecule has 14 heavy (non-hydrogen) atoms. The van der Waals surface area contributed by atoms with Crippen molar-refractivity contribution in [3.8, 4) is 11.1 Å². The molecule has 1 aromatic carbocycles. The third-order valence-corrected chi connectivity index (χ3v) is 2.15. The summed E-state index contributed by atoms with van der Waals surface area (Å²) in [6.45, 7) is 0. The molecule has 0 saturated heterocycles. The smallest absolute Gasteiger partial charge is 0.155 e. The van der Waals surface area contributed by atoms with Crippen LogP contribution >= 0.6 is 0 Å². The minimum atomic E-state index is 0.915. The molecule has 1 N–H and O–H groups in total. The summed E-state index contributed by atoms with van der Waals surface area (Å²) < 4.78 is 1.81. The number of aromatic nitrogens is 2. The van der Waals surface area contributed by atoms with E-state index in [2.05, 4.69) is 22.5 Å². The van der Waals surface area contributed by atoms with E-state index in [1.807, 2.05) is 43.2 Å². The van der Waals surface area contributed by atoms with E-state index in [0.717, 1.165) is 11.4 Å². The van der Waals surface area contributed by atoms with Crippen LogP contribution in [0.4, 0.5) is 5.82 Å². The van der Waals surface area contributed by atoms with Crippen molar-refractivity contribution in [2.45, 2.75) is 0 Å². The third-order valence-electron chi connectivity index (χ3n) is 2.15. The molecular weight excluding hydrogens is 174 g/mol. The van der Waals surface area contributed by atoms with Crippen molar-refractivity contribution in [3.05, 3.63) is 36.5 Å². The van der Waals surface area contributed by atoms with Gasteiger partial charge in [-0.1, -0.05) is 30.3 Å². The van der Waals surface area contributed by atoms with Crippen LogP contribution in [0.2, 0.25) is 0 Å². The van der Waals surface area contributed by atoms with Crippen LogP contribution in [-0.2, 0) is 7.05 Å². The standard InChI is InChI=1S/C11H13N3/c1-12-11-10(8-14(2)13-11)9-6-4-3-5-7-9/h3-8H,1-2H3,(H,12,13). The Balaban J connectivity index is 2.51. The Morgan fingerprint density at radius 3 is 2.57 bits per heavy atom. The summed E-state index contributed by atoms with van der Waals surface area (Å²) in [5.74, 6) is 0.915. The van der Waals surface area contributed by atoms with Crippen molar-refractivity contribution in [2.75, 3.05) is 12.4 Å². The lowest BCUT2D eigenvalue weighted by molar-refractivity contribution is 0.770. The lowest BCUT2D eigenvalue weighted by atomic mass is 10.1. The molecule has 0 bridgehead atoms. The first-order valence-electron chi connectivity index (χ1n) is 4.58. The van der Waals surface area contributed by atoms with Crippen molar-refractivity contribution in [1.82, 2.24) is 9.78 Å². The molecule has 0 saturated carbocycles. The van der Waals surface area contributed by atoms with Crippen LogP contribution < -0.4 is 5.32 Å². The van der Waals surface area contributed by atoms with Gasteiger partial charge in [-0.3, -0.25) is 4.68 Å². The first-order chi connectivity index (χ1) is 6.81. The number of aryl methyl sites for hydroxylation is 1. The van der Waals surface area contributed by atoms with Gasteiger partial charge in [0.25, 0.3) is 0 Å². The van der Waals surface area contributed by atoms with E-state index in [1.54, 1.807) is 0 Å². The van der Waals surface area contributed by atoms with Crippen LogP contribution in [0.1, 0.15) is 0 Å². The quantitative estimate of drug-likeness (QED) is 0.780. The Morgan fingerprint density at radius 2 is 1.93 bits per heavy atom. The highest BCUT2D eigenvalue weighted by atomic mass is 15.3. The fourth-order valence-electron chi connectivity index (χ4n) is 1.50. The Bertz CT molecular complexity index is 417. The SMILES string of the molecule is CNc1nn(C)cc1-c1ccccc1. The molecule has 0 aliphatic carbocycles. The number of nitrogens with zero attached hydrogens (tertiary/aromatic N) is 2. The van der Waals surface area contributed by atoms with Crippen LogP contribution in [0.5, 0.6) is 0 Å². The number of benzene rings is 1. The van der Waals surface area contributed by atoms with E-state index >= 15 is 0 Å². The summed E-state index contributed by atoms with van der Waals surface area (Å²) in [5.41, 5.74) is 2.32. The first kappa shape index (κ1) is 8.81. The molecule has 2 aromatic rings. The zero-order valence-corrected chi connectivity index (χ0v) is 8.36. The predicted molar refractivity (Wildman–Crippen MR) is 58.2 cm³/mol. The van der Waals surface area contributed by atoms with Crippen molar-refractivity contribution in [3.63, 3.8) is 0 Å². The minimum absolute atomic E-state index is 0.915. The van der Waals surface area contributed by atoms with Crippen molar-refractivity contribution in [1.29, 1.82) is 0 Å². The Morgan fingerprint density at radius 1 is 1.21 bits per heavy atom. The zero-order valence-electron chi connectivity index (χ0n) is 8.36. The molecule has 0 spiro atoms. The van der Waals surface area contributed by atoms with Gasteiger partial charge in [0, 0.05) is 25.9 Å². The molecule has 0 radical (unpaired) electrons. The van der Waals surface area contributed by atoms with E-state index in [9.17, 15) is 0 Å². The highest BCUT2D eigenvalue weighted by molar-refractivity contribution is 5.74. The number of rotatable bonds is 2. The van der Waals surface area contributed by atoms with Gasteiger partial charge in [-0.05, 0) is 5.56 Å². The summed E-state index contributed by atoms with van der Waals surface area (Å²) in [6.07, 6.45) is 2.02. The van der Waals surface area contributed by atoms with Crippen LogP contribution in [0.25, 0.3) is 11.1 Å². The van der Waals surface area contributed by atoms with Crippen LogP contribution in [-0.4, -0.2) is 16.8 Å². The number of hydrogen-bond donors (Lipinski definition) is 1. The molecule has 0 aliphatic heterocycles. The minimum Gasteiger partial charge on any atom is -0.371 e. The molecule has 1 heterocycles. The molecule has 0 atom stereocenters. The lowest BCUT2D eigenvalue weighted by Crippen LogP contribution is -1.92. The van der Waals surface area contributed by atoms with Gasteiger partial charge >= 0.3 is 0 Å². The third kappa shape index (κ3) is 1.48. The maximum absolute atomic E-state index is 4.31. The fourth-order valence-corrected chi connectivity index (χ4v) is 1.50. The van der Waals surface area contributed by atoms with Gasteiger partial charge in [-0.25, -0.2) is 0 Å². The molecule has 0 aliphatic rings. The Labute approximate surface area is 83.4 Å². The highest BCUT2D eigenvalue weighted by Crippen LogP contribution is 2.25. The molecule has 1 aromatic heterocycles. The van der Waals surface area contributed by atoms with E-state index in [4.69, 9.17) is 0 Å². The summed E-state index contributed by atoms with van der Waals surface area (Å²) in [6, 6.07) is 10.2. The average Bonchev–Trinajstić information content (AvgIpc) is 2.61. The van der Waals surface area contributed by atoms with Crippen molar-refractivity contribution in [2.24, 2.45) is 7.05 Å². The Kier molecular flexibility index (Phi) is 2.23. The zero-order chi connectivity index (χ0) is 9.97. The van der Waals surface area contributed by atoms with E-state index < -0.39 is 0 Å². The predicted octanol–water partition coefficient (Wildman–Crippen LogP) is 2.13. The van der Waals surface area contributed by atoms with Crippen LogP contribution in [0.15, 0.2) is 36.5 Å². The molecule has 0 amide bonds. The molecule has 3 heteroatoms. The second-order valence-electron chi connectivity index (χ2n) is 3.18. The van der Waals surface area contributed by atoms with Gasteiger partial charge in [-0.15, -0.1) is 0 Å². The Hall–Kier alpha value is -1.77. The van der Waals surface area contributed by atoms with Crippen LogP contribution in [0.3, 0.4) is 0 Å². The number of nitrogens with one attached hydrogen (secondary N) is 1. The van der Waals surface area contributed by atoms with Crippen molar-refractivity contribution < 1.29 is 0 Å². The van der Waals surface area contributed by atoms with E-state index in [0.29, 0.717) is 0 Å². The molecule has 3 nitrogen and oxygen atoms in total. The normalized spacial score (nSPS) is 10.1. The number of anilines is 1. The molecule has 2 rings (SSSR count). The molecular formula is C11H13N3. The van der Waals surface area contributed by atoms with E-state index in [-0.39, 0.29) is 0 Å². The summed E-state index contributed by atoms with van der Waals surface area (Å²) >= 11 is 0. The van der Waals surface area contributed by atoms with E-state index in [1.165, 1.54) is 5.56 Å². The summed E-state index contributed by atoms with van der Waals surface area (Å²) in [5, 5.41) is 7.39. The van der Waals surface area contributed by atoms with Gasteiger partial charge in [0.2, 0.25) is 0 Å². The van der Waals surface area contributed by atoms with Crippen LogP contribution in [0, 0.1) is 0 Å². The topological polar surface area (TPSA) is 29.9 Å². The van der Waals surface area contributed by atoms with Gasteiger partial charge in [0.15, 0.2) is 5.82 Å². The first-order valence-corrected chi connectivity index (χ1v) is 4.58. The molecule has 72 valence electrons. The van der Waals surface area contributed by atoms with Gasteiger partial charge in [-0.2, -0.15) is 5.10 Å². The maximum Gasteiger partial charge on any atom is 0.155 e. The van der Waals surface area contributed by atoms with Gasteiger partial charge in [0.05, 0.1) is 0 Å². The highest BCUT2D eigenvalue weighted by Gasteiger charge is 2.06. The maximum atomic E-state index is 4.31. The number of hydrogen-bond acceptors (Lipinski definition) is 2. The van der Waals surface area contributed by atoms with Gasteiger partial charge < -0.3 is 5.32 Å². The van der Waals surface area contributed by atoms with Gasteiger partial charge in [0.1, 0.15) is 0 Å².